The number of fused-ring (bicyclic) bond motifs is 6. The van der Waals surface area contributed by atoms with E-state index in [2.05, 4.69) is 40.7 Å². The first-order valence-electron chi connectivity index (χ1n) is 20.9. The van der Waals surface area contributed by atoms with E-state index in [4.69, 9.17) is 23.4 Å². The predicted octanol–water partition coefficient (Wildman–Crippen LogP) is 11.6. The molecule has 4 aliphatic rings. The zero-order valence-electron chi connectivity index (χ0n) is 33.7. The number of carbonyl (C=O) groups is 1. The second kappa shape index (κ2) is 15.8. The number of hydrogen-bond acceptors (Lipinski definition) is 7. The molecule has 1 heterocycles. The number of aryl methyl sites for hydroxylation is 1. The van der Waals surface area contributed by atoms with Crippen LogP contribution in [0.15, 0.2) is 63.3 Å². The van der Waals surface area contributed by atoms with Crippen molar-refractivity contribution >= 4 is 16.9 Å². The highest BCUT2D eigenvalue weighted by atomic mass is 16.6. The topological polar surface area (TPSA) is 84.2 Å². The maximum Gasteiger partial charge on any atom is 0.344 e. The largest absolute Gasteiger partial charge is 0.494 e. The molecule has 0 amide bonds. The Bertz CT molecular complexity index is 1890. The van der Waals surface area contributed by atoms with Gasteiger partial charge in [0, 0.05) is 12.5 Å². The summed E-state index contributed by atoms with van der Waals surface area (Å²) in [4.78, 5) is 26.4. The van der Waals surface area contributed by atoms with Crippen molar-refractivity contribution in [2.75, 3.05) is 13.2 Å². The number of esters is 1. The van der Waals surface area contributed by atoms with Crippen LogP contribution in [0.3, 0.4) is 0 Å². The normalized spacial score (nSPS) is 29.5. The molecule has 54 heavy (non-hydrogen) atoms. The molecule has 0 bridgehead atoms. The van der Waals surface area contributed by atoms with Crippen LogP contribution in [-0.4, -0.2) is 25.3 Å². The van der Waals surface area contributed by atoms with Gasteiger partial charge in [0.05, 0.1) is 12.0 Å². The Morgan fingerprint density at radius 2 is 1.67 bits per heavy atom. The van der Waals surface area contributed by atoms with Crippen molar-refractivity contribution in [1.82, 2.24) is 0 Å². The first-order chi connectivity index (χ1) is 25.9. The number of allylic oxidation sites excluding steroid dienone is 1. The summed E-state index contributed by atoms with van der Waals surface area (Å²) in [5, 5.41) is 0.367. The molecule has 3 aromatic rings. The molecule has 0 saturated heterocycles. The number of carbonyl (C=O) groups excluding carboxylic acids is 1. The average Bonchev–Trinajstić information content (AvgIpc) is 3.50. The number of rotatable bonds is 13. The third-order valence-corrected chi connectivity index (χ3v) is 14.3. The molecule has 0 N–H and O–H groups in total. The Hall–Kier alpha value is -3.74. The molecule has 0 spiro atoms. The van der Waals surface area contributed by atoms with E-state index in [1.54, 1.807) is 49.4 Å². The van der Waals surface area contributed by atoms with Gasteiger partial charge in [-0.2, -0.15) is 0 Å². The molecule has 0 unspecified atom stereocenters. The number of ether oxygens (including phenoxy) is 4. The highest BCUT2D eigenvalue weighted by Crippen LogP contribution is 2.67. The summed E-state index contributed by atoms with van der Waals surface area (Å²) in [6.45, 7) is 16.4. The van der Waals surface area contributed by atoms with Crippen LogP contribution < -0.4 is 19.6 Å². The Balaban J connectivity index is 0.936. The van der Waals surface area contributed by atoms with Gasteiger partial charge >= 0.3 is 5.97 Å². The van der Waals surface area contributed by atoms with E-state index in [1.807, 2.05) is 6.92 Å². The fraction of sp³-hybridized carbons (Fsp3) is 0.617. The lowest BCUT2D eigenvalue weighted by molar-refractivity contribution is -0.153. The summed E-state index contributed by atoms with van der Waals surface area (Å²) in [6.07, 6.45) is 16.0. The first kappa shape index (κ1) is 38.5. The maximum absolute atomic E-state index is 13.3. The van der Waals surface area contributed by atoms with Crippen molar-refractivity contribution in [2.45, 2.75) is 125 Å². The lowest BCUT2D eigenvalue weighted by atomic mass is 9.47. The second-order valence-electron chi connectivity index (χ2n) is 17.9. The molecule has 1 aromatic heterocycles. The van der Waals surface area contributed by atoms with E-state index in [0.717, 1.165) is 60.5 Å². The summed E-state index contributed by atoms with van der Waals surface area (Å²) < 4.78 is 29.3. The molecule has 7 nitrogen and oxygen atoms in total. The van der Waals surface area contributed by atoms with Crippen molar-refractivity contribution < 1.29 is 28.2 Å². The first-order valence-corrected chi connectivity index (χ1v) is 20.9. The van der Waals surface area contributed by atoms with Crippen LogP contribution in [-0.2, 0) is 9.53 Å². The van der Waals surface area contributed by atoms with Crippen LogP contribution in [0.4, 0.5) is 0 Å². The zero-order chi connectivity index (χ0) is 38.2. The Labute approximate surface area is 322 Å². The minimum atomic E-state index is -0.373. The van der Waals surface area contributed by atoms with Crippen LogP contribution in [0.25, 0.3) is 11.0 Å². The lowest BCUT2D eigenvalue weighted by Crippen LogP contribution is -2.51. The van der Waals surface area contributed by atoms with Gasteiger partial charge in [0.2, 0.25) is 11.2 Å². The number of benzene rings is 2. The zero-order valence-corrected chi connectivity index (χ0v) is 33.7. The van der Waals surface area contributed by atoms with E-state index in [1.165, 1.54) is 56.9 Å². The third-order valence-electron chi connectivity index (χ3n) is 14.3. The standard InChI is InChI=1S/C47H62O7/c1-8-50-33-13-15-34(16-14-33)54-45-31(5)52-42-27-35(17-19-38(42)44(45)49)51-28-43(48)53-36-22-24-46(6)32(26-36)12-18-37-40-21-20-39(30(4)11-9-10-29(2)3)47(40,7)25-23-41(37)46/h12-17,19,27,29-30,36-37,39-41H,8-11,18,20-26,28H2,1-7H3/t30-,36+,37+,39+,40+,41+,46-,47+/m0/s1. The molecule has 0 radical (unpaired) electrons. The Morgan fingerprint density at radius 3 is 2.43 bits per heavy atom. The molecule has 7 heteroatoms. The fourth-order valence-electron chi connectivity index (χ4n) is 11.5. The molecule has 0 aliphatic heterocycles. The molecule has 8 atom stereocenters. The third kappa shape index (κ3) is 7.58. The van der Waals surface area contributed by atoms with Crippen molar-refractivity contribution in [1.29, 1.82) is 0 Å². The second-order valence-corrected chi connectivity index (χ2v) is 17.9. The molecular weight excluding hydrogens is 677 g/mol. The smallest absolute Gasteiger partial charge is 0.344 e. The molecule has 3 saturated carbocycles. The highest BCUT2D eigenvalue weighted by molar-refractivity contribution is 5.80. The van der Waals surface area contributed by atoms with Gasteiger partial charge in [0.15, 0.2) is 6.61 Å². The van der Waals surface area contributed by atoms with Gasteiger partial charge in [0.25, 0.3) is 0 Å². The average molecular weight is 739 g/mol. The van der Waals surface area contributed by atoms with Gasteiger partial charge in [-0.25, -0.2) is 4.79 Å². The molecule has 4 aliphatic carbocycles. The fourth-order valence-corrected chi connectivity index (χ4v) is 11.5. The minimum absolute atomic E-state index is 0.126. The Kier molecular flexibility index (Phi) is 11.3. The van der Waals surface area contributed by atoms with Crippen LogP contribution in [0, 0.1) is 53.3 Å². The Morgan fingerprint density at radius 1 is 0.907 bits per heavy atom. The molecular formula is C47H62O7. The van der Waals surface area contributed by atoms with E-state index < -0.39 is 0 Å². The molecule has 292 valence electrons. The van der Waals surface area contributed by atoms with Crippen LogP contribution >= 0.6 is 0 Å². The lowest BCUT2D eigenvalue weighted by Gasteiger charge is -2.58. The van der Waals surface area contributed by atoms with Gasteiger partial charge in [-0.1, -0.05) is 65.5 Å². The van der Waals surface area contributed by atoms with Gasteiger partial charge in [0.1, 0.15) is 34.7 Å². The van der Waals surface area contributed by atoms with E-state index >= 15 is 0 Å². The summed E-state index contributed by atoms with van der Waals surface area (Å²) >= 11 is 0. The maximum atomic E-state index is 13.3. The summed E-state index contributed by atoms with van der Waals surface area (Å²) in [5.41, 5.74) is 2.29. The molecule has 3 fully saturated rings. The van der Waals surface area contributed by atoms with E-state index in [9.17, 15) is 9.59 Å². The van der Waals surface area contributed by atoms with Crippen LogP contribution in [0.2, 0.25) is 0 Å². The van der Waals surface area contributed by atoms with Gasteiger partial charge in [-0.05, 0) is 142 Å². The molecule has 2 aromatic carbocycles. The van der Waals surface area contributed by atoms with Crippen molar-refractivity contribution in [2.24, 2.45) is 46.3 Å². The van der Waals surface area contributed by atoms with Crippen LogP contribution in [0.1, 0.15) is 118 Å². The SMILES string of the molecule is CCOc1ccc(Oc2c(C)oc3cc(OCC(=O)O[C@@H]4CC[C@@]5(C)C(=CC[C@@H]6[C@H]7CC[C@H]([C@@H](C)CCCC(C)C)[C@@]7(C)CC[C@H]65)C4)ccc3c2=O)cc1. The predicted molar refractivity (Wildman–Crippen MR) is 213 cm³/mol. The monoisotopic (exact) mass is 738 g/mol. The highest BCUT2D eigenvalue weighted by Gasteiger charge is 2.59. The van der Waals surface area contributed by atoms with Crippen LogP contribution in [0.5, 0.6) is 23.0 Å². The van der Waals surface area contributed by atoms with Crippen molar-refractivity contribution in [3.8, 4) is 23.0 Å². The van der Waals surface area contributed by atoms with E-state index in [0.29, 0.717) is 40.3 Å². The van der Waals surface area contributed by atoms with Gasteiger partial charge in [-0.3, -0.25) is 4.79 Å². The van der Waals surface area contributed by atoms with Gasteiger partial charge in [-0.15, -0.1) is 0 Å². The molecule has 7 rings (SSSR count). The van der Waals surface area contributed by atoms with E-state index in [-0.39, 0.29) is 35.3 Å². The summed E-state index contributed by atoms with van der Waals surface area (Å²) in [5.74, 6) is 6.62. The summed E-state index contributed by atoms with van der Waals surface area (Å²) in [6, 6.07) is 12.1. The van der Waals surface area contributed by atoms with Crippen molar-refractivity contribution in [3.63, 3.8) is 0 Å². The number of hydrogen-bond donors (Lipinski definition) is 0. The summed E-state index contributed by atoms with van der Waals surface area (Å²) in [7, 11) is 0. The quantitative estimate of drug-likeness (QED) is 0.127. The minimum Gasteiger partial charge on any atom is -0.494 e. The van der Waals surface area contributed by atoms with Gasteiger partial charge < -0.3 is 23.4 Å². The van der Waals surface area contributed by atoms with Crippen molar-refractivity contribution in [3.05, 3.63) is 70.1 Å².